The molecule has 0 fully saturated rings. The Labute approximate surface area is 206 Å². The van der Waals surface area contributed by atoms with Crippen LogP contribution in [-0.2, 0) is 33.4 Å². The molecule has 0 aromatic heterocycles. The first-order chi connectivity index (χ1) is 14.2. The second-order valence-electron chi connectivity index (χ2n) is 10.5. The van der Waals surface area contributed by atoms with Crippen LogP contribution in [0.5, 0.6) is 0 Å². The van der Waals surface area contributed by atoms with E-state index in [0.29, 0.717) is 0 Å². The molecule has 9 heteroatoms. The zero-order valence-electron chi connectivity index (χ0n) is 21.0. The third-order valence-corrected chi connectivity index (χ3v) is 4.28. The highest BCUT2D eigenvalue weighted by Gasteiger charge is 2.35. The van der Waals surface area contributed by atoms with Crippen LogP contribution in [0.15, 0.2) is 0 Å². The van der Waals surface area contributed by atoms with E-state index in [-0.39, 0.29) is 44.4 Å². The lowest BCUT2D eigenvalue weighted by molar-refractivity contribution is -0.155. The fourth-order valence-corrected chi connectivity index (χ4v) is 3.31. The number of amides is 1. The highest BCUT2D eigenvalue weighted by molar-refractivity contribution is 14.1. The second kappa shape index (κ2) is 12.2. The zero-order chi connectivity index (χ0) is 25.4. The smallest absolute Gasteiger partial charge is 0.307 e. The highest BCUT2D eigenvalue weighted by Crippen LogP contribution is 2.29. The number of hydrogen-bond acceptors (Lipinski definition) is 7. The van der Waals surface area contributed by atoms with Gasteiger partial charge in [-0.15, -0.1) is 0 Å². The summed E-state index contributed by atoms with van der Waals surface area (Å²) < 4.78 is 15.5. The van der Waals surface area contributed by atoms with Gasteiger partial charge in [0.05, 0.1) is 0 Å². The molecule has 0 rings (SSSR count). The monoisotopic (exact) mass is 569 g/mol. The van der Waals surface area contributed by atoms with Gasteiger partial charge in [-0.3, -0.25) is 19.2 Å². The molecule has 8 nitrogen and oxygen atoms in total. The molecule has 0 bridgehead atoms. The molecule has 0 atom stereocenters. The van der Waals surface area contributed by atoms with E-state index in [1.165, 1.54) is 6.92 Å². The molecule has 1 amide bonds. The van der Waals surface area contributed by atoms with Crippen molar-refractivity contribution in [1.82, 2.24) is 5.32 Å². The SMILES string of the molecule is CC(=O)NC(CCC(=O)OC(C)(C)C)(CCC(=O)OC(C)(C)C)CCC(=O)OC(C)(C)I. The Balaban J connectivity index is 5.55. The number of ether oxygens (including phenoxy) is 3. The largest absolute Gasteiger partial charge is 0.460 e. The molecule has 0 saturated heterocycles. The summed E-state index contributed by atoms with van der Waals surface area (Å²) >= 11 is 2.01. The predicted octanol–water partition coefficient (Wildman–Crippen LogP) is 4.60. The summed E-state index contributed by atoms with van der Waals surface area (Å²) in [7, 11) is 0. The molecular formula is C23H40INO7. The number of rotatable bonds is 11. The number of carbonyl (C=O) groups is 4. The Kier molecular flexibility index (Phi) is 11.6. The van der Waals surface area contributed by atoms with Gasteiger partial charge in [-0.2, -0.15) is 0 Å². The quantitative estimate of drug-likeness (QED) is 0.168. The second-order valence-corrected chi connectivity index (χ2v) is 13.1. The first-order valence-electron chi connectivity index (χ1n) is 10.9. The molecule has 1 N–H and O–H groups in total. The summed E-state index contributed by atoms with van der Waals surface area (Å²) in [5.41, 5.74) is -2.24. The standard InChI is InChI=1S/C23H40INO7/c1-16(26)25-23(13-10-17(27)30-20(2,3)4,14-11-18(28)31-21(5,6)7)15-12-19(29)32-22(8,9)24/h10-15H2,1-9H3,(H,25,26). The van der Waals surface area contributed by atoms with E-state index in [1.54, 1.807) is 55.4 Å². The molecule has 0 aliphatic carbocycles. The molecule has 186 valence electrons. The zero-order valence-corrected chi connectivity index (χ0v) is 23.1. The molecule has 0 spiro atoms. The topological polar surface area (TPSA) is 108 Å². The van der Waals surface area contributed by atoms with Gasteiger partial charge in [-0.05, 0) is 97.2 Å². The molecule has 0 unspecified atom stereocenters. The van der Waals surface area contributed by atoms with Gasteiger partial charge >= 0.3 is 17.9 Å². The van der Waals surface area contributed by atoms with Crippen molar-refractivity contribution in [3.05, 3.63) is 0 Å². The minimum atomic E-state index is -0.964. The van der Waals surface area contributed by atoms with Gasteiger partial charge in [0.15, 0.2) is 3.61 Å². The molecule has 0 heterocycles. The maximum absolute atomic E-state index is 12.3. The number of carbonyl (C=O) groups excluding carboxylic acids is 4. The van der Waals surface area contributed by atoms with E-state index in [2.05, 4.69) is 5.32 Å². The molecule has 0 saturated carbocycles. The van der Waals surface area contributed by atoms with E-state index < -0.39 is 38.3 Å². The number of esters is 3. The van der Waals surface area contributed by atoms with Gasteiger partial charge < -0.3 is 19.5 Å². The van der Waals surface area contributed by atoms with Crippen LogP contribution < -0.4 is 5.32 Å². The van der Waals surface area contributed by atoms with Crippen LogP contribution in [0.2, 0.25) is 0 Å². The van der Waals surface area contributed by atoms with E-state index in [9.17, 15) is 19.2 Å². The fourth-order valence-electron chi connectivity index (χ4n) is 3.07. The normalized spacial score (nSPS) is 12.7. The third-order valence-electron chi connectivity index (χ3n) is 4.06. The van der Waals surface area contributed by atoms with E-state index in [1.807, 2.05) is 22.6 Å². The molecule has 32 heavy (non-hydrogen) atoms. The van der Waals surface area contributed by atoms with Crippen molar-refractivity contribution in [3.63, 3.8) is 0 Å². The lowest BCUT2D eigenvalue weighted by Gasteiger charge is -2.35. The Morgan fingerprint density at radius 1 is 0.656 bits per heavy atom. The molecule has 0 aliphatic rings. The molecule has 0 aromatic rings. The minimum Gasteiger partial charge on any atom is -0.460 e. The van der Waals surface area contributed by atoms with Crippen molar-refractivity contribution < 1.29 is 33.4 Å². The van der Waals surface area contributed by atoms with Crippen LogP contribution in [0.25, 0.3) is 0 Å². The first kappa shape index (κ1) is 30.6. The number of nitrogens with one attached hydrogen (secondary N) is 1. The summed E-state index contributed by atoms with van der Waals surface area (Å²) in [5.74, 6) is -1.57. The number of hydrogen-bond donors (Lipinski definition) is 1. The summed E-state index contributed by atoms with van der Waals surface area (Å²) in [4.78, 5) is 49.0. The van der Waals surface area contributed by atoms with Crippen LogP contribution in [-0.4, -0.2) is 44.2 Å². The minimum absolute atomic E-state index is 0.0232. The van der Waals surface area contributed by atoms with Gasteiger partial charge in [-0.25, -0.2) is 0 Å². The fraction of sp³-hybridized carbons (Fsp3) is 0.826. The Hall–Kier alpha value is -1.39. The van der Waals surface area contributed by atoms with Gasteiger partial charge in [0.2, 0.25) is 5.91 Å². The average molecular weight is 569 g/mol. The summed E-state index contributed by atoms with van der Waals surface area (Å²) in [6.45, 7) is 15.5. The molecule has 0 aromatic carbocycles. The predicted molar refractivity (Wildman–Crippen MR) is 130 cm³/mol. The van der Waals surface area contributed by atoms with Gasteiger partial charge in [0.1, 0.15) is 11.2 Å². The van der Waals surface area contributed by atoms with Gasteiger partial charge in [0.25, 0.3) is 0 Å². The van der Waals surface area contributed by atoms with Crippen LogP contribution in [0.4, 0.5) is 0 Å². The molecule has 0 radical (unpaired) electrons. The van der Waals surface area contributed by atoms with Gasteiger partial charge in [-0.1, -0.05) is 0 Å². The number of halogens is 1. The first-order valence-corrected chi connectivity index (χ1v) is 11.9. The van der Waals surface area contributed by atoms with Crippen LogP contribution in [0, 0.1) is 0 Å². The highest BCUT2D eigenvalue weighted by atomic mass is 127. The Morgan fingerprint density at radius 2 is 0.969 bits per heavy atom. The van der Waals surface area contributed by atoms with Crippen molar-refractivity contribution in [2.45, 2.75) is 121 Å². The van der Waals surface area contributed by atoms with E-state index in [4.69, 9.17) is 14.2 Å². The van der Waals surface area contributed by atoms with Crippen LogP contribution in [0.1, 0.15) is 101 Å². The number of alkyl halides is 1. The van der Waals surface area contributed by atoms with Crippen molar-refractivity contribution in [2.24, 2.45) is 0 Å². The average Bonchev–Trinajstić information content (AvgIpc) is 2.51. The van der Waals surface area contributed by atoms with Crippen LogP contribution >= 0.6 is 22.6 Å². The van der Waals surface area contributed by atoms with E-state index >= 15 is 0 Å². The van der Waals surface area contributed by atoms with Crippen molar-refractivity contribution in [2.75, 3.05) is 0 Å². The lowest BCUT2D eigenvalue weighted by Crippen LogP contribution is -2.49. The Morgan fingerprint density at radius 3 is 1.22 bits per heavy atom. The van der Waals surface area contributed by atoms with Crippen molar-refractivity contribution >= 4 is 46.4 Å². The van der Waals surface area contributed by atoms with Crippen LogP contribution in [0.3, 0.4) is 0 Å². The van der Waals surface area contributed by atoms with Crippen molar-refractivity contribution in [1.29, 1.82) is 0 Å². The van der Waals surface area contributed by atoms with E-state index in [0.717, 1.165) is 0 Å². The summed E-state index contributed by atoms with van der Waals surface area (Å²) in [6, 6.07) is 0. The third kappa shape index (κ3) is 16.3. The molecule has 0 aliphatic heterocycles. The molecular weight excluding hydrogens is 529 g/mol. The summed E-state index contributed by atoms with van der Waals surface area (Å²) in [5, 5.41) is 2.88. The maximum atomic E-state index is 12.3. The van der Waals surface area contributed by atoms with Crippen molar-refractivity contribution in [3.8, 4) is 0 Å². The summed E-state index contributed by atoms with van der Waals surface area (Å²) in [6.07, 6.45) is 0.715. The Bertz CT molecular complexity index is 590. The van der Waals surface area contributed by atoms with Gasteiger partial charge in [0, 0.05) is 31.7 Å². The maximum Gasteiger partial charge on any atom is 0.307 e. The lowest BCUT2D eigenvalue weighted by atomic mass is 9.83.